The molecule has 20 heavy (non-hydrogen) atoms. The summed E-state index contributed by atoms with van der Waals surface area (Å²) in [6.45, 7) is 10.1. The van der Waals surface area contributed by atoms with Gasteiger partial charge in [-0.3, -0.25) is 4.90 Å². The Kier molecular flexibility index (Phi) is 5.44. The molecule has 0 bridgehead atoms. The fourth-order valence-corrected chi connectivity index (χ4v) is 3.01. The number of likely N-dealkylation sites (N-methyl/N-ethyl adjacent to an activating group) is 1. The molecular weight excluding hydrogens is 248 g/mol. The van der Waals surface area contributed by atoms with E-state index >= 15 is 0 Å². The van der Waals surface area contributed by atoms with Crippen LogP contribution in [0.2, 0.25) is 0 Å². The van der Waals surface area contributed by atoms with E-state index in [4.69, 9.17) is 4.74 Å². The number of benzene rings is 1. The van der Waals surface area contributed by atoms with Crippen LogP contribution in [0.25, 0.3) is 0 Å². The Bertz CT molecular complexity index is 434. The normalized spacial score (nSPS) is 18.9. The SMILES string of the molecule is CCNCc1cc2c(cc1OCC)CN(C)C(CC)C2. The number of nitrogens with zero attached hydrogens (tertiary/aromatic N) is 1. The van der Waals surface area contributed by atoms with Crippen LogP contribution < -0.4 is 10.1 Å². The quantitative estimate of drug-likeness (QED) is 0.864. The molecule has 1 unspecified atom stereocenters. The molecule has 0 aliphatic carbocycles. The Balaban J connectivity index is 2.29. The highest BCUT2D eigenvalue weighted by Crippen LogP contribution is 2.30. The monoisotopic (exact) mass is 276 g/mol. The lowest BCUT2D eigenvalue weighted by molar-refractivity contribution is 0.209. The van der Waals surface area contributed by atoms with Crippen LogP contribution in [0, 0.1) is 0 Å². The van der Waals surface area contributed by atoms with Gasteiger partial charge in [0.1, 0.15) is 5.75 Å². The molecule has 0 amide bonds. The van der Waals surface area contributed by atoms with E-state index in [9.17, 15) is 0 Å². The van der Waals surface area contributed by atoms with Crippen molar-refractivity contribution in [2.45, 2.75) is 52.7 Å². The maximum Gasteiger partial charge on any atom is 0.124 e. The van der Waals surface area contributed by atoms with Crippen molar-refractivity contribution in [3.63, 3.8) is 0 Å². The number of fused-ring (bicyclic) bond motifs is 1. The Morgan fingerprint density at radius 2 is 2.05 bits per heavy atom. The summed E-state index contributed by atoms with van der Waals surface area (Å²) >= 11 is 0. The third-order valence-corrected chi connectivity index (χ3v) is 4.22. The highest BCUT2D eigenvalue weighted by Gasteiger charge is 2.23. The van der Waals surface area contributed by atoms with Gasteiger partial charge in [-0.25, -0.2) is 0 Å². The molecule has 1 N–H and O–H groups in total. The van der Waals surface area contributed by atoms with E-state index in [1.165, 1.54) is 23.1 Å². The summed E-state index contributed by atoms with van der Waals surface area (Å²) in [5.41, 5.74) is 4.24. The van der Waals surface area contributed by atoms with Crippen LogP contribution in [0.15, 0.2) is 12.1 Å². The maximum absolute atomic E-state index is 5.83. The van der Waals surface area contributed by atoms with E-state index in [1.807, 2.05) is 0 Å². The number of ether oxygens (including phenoxy) is 1. The highest BCUT2D eigenvalue weighted by atomic mass is 16.5. The number of hydrogen-bond acceptors (Lipinski definition) is 3. The first-order chi connectivity index (χ1) is 9.69. The molecule has 0 saturated heterocycles. The van der Waals surface area contributed by atoms with Gasteiger partial charge < -0.3 is 10.1 Å². The van der Waals surface area contributed by atoms with Crippen molar-refractivity contribution in [2.75, 3.05) is 20.2 Å². The van der Waals surface area contributed by atoms with Crippen molar-refractivity contribution < 1.29 is 4.74 Å². The molecule has 1 aliphatic rings. The Labute approximate surface area is 123 Å². The second-order valence-corrected chi connectivity index (χ2v) is 5.62. The Hall–Kier alpha value is -1.06. The van der Waals surface area contributed by atoms with E-state index in [2.05, 4.69) is 50.2 Å². The average Bonchev–Trinajstić information content (AvgIpc) is 2.45. The molecule has 3 nitrogen and oxygen atoms in total. The second-order valence-electron chi connectivity index (χ2n) is 5.62. The minimum absolute atomic E-state index is 0.674. The number of nitrogens with one attached hydrogen (secondary N) is 1. The van der Waals surface area contributed by atoms with Crippen molar-refractivity contribution in [1.82, 2.24) is 10.2 Å². The fourth-order valence-electron chi connectivity index (χ4n) is 3.01. The van der Waals surface area contributed by atoms with E-state index < -0.39 is 0 Å². The molecule has 1 aromatic carbocycles. The molecule has 0 spiro atoms. The minimum atomic E-state index is 0.674. The minimum Gasteiger partial charge on any atom is -0.494 e. The molecule has 1 heterocycles. The average molecular weight is 276 g/mol. The number of hydrogen-bond donors (Lipinski definition) is 1. The van der Waals surface area contributed by atoms with Gasteiger partial charge in [-0.2, -0.15) is 0 Å². The van der Waals surface area contributed by atoms with Gasteiger partial charge in [-0.15, -0.1) is 0 Å². The Morgan fingerprint density at radius 3 is 2.70 bits per heavy atom. The van der Waals surface area contributed by atoms with Crippen LogP contribution in [-0.2, 0) is 19.5 Å². The second kappa shape index (κ2) is 7.09. The first-order valence-electron chi connectivity index (χ1n) is 7.87. The molecule has 1 aromatic rings. The molecule has 0 fully saturated rings. The zero-order valence-corrected chi connectivity index (χ0v) is 13.3. The van der Waals surface area contributed by atoms with Crippen LogP contribution in [-0.4, -0.2) is 31.1 Å². The standard InChI is InChI=1S/C17H28N2O/c1-5-16-9-13-8-14(11-18-6-2)17(20-7-3)10-15(13)12-19(16)4/h8,10,16,18H,5-7,9,11-12H2,1-4H3. The first-order valence-corrected chi connectivity index (χ1v) is 7.87. The number of rotatable bonds is 6. The van der Waals surface area contributed by atoms with Crippen LogP contribution in [0.4, 0.5) is 0 Å². The molecule has 1 atom stereocenters. The van der Waals surface area contributed by atoms with E-state index in [0.29, 0.717) is 6.04 Å². The smallest absolute Gasteiger partial charge is 0.124 e. The lowest BCUT2D eigenvalue weighted by Crippen LogP contribution is -2.37. The van der Waals surface area contributed by atoms with Crippen molar-refractivity contribution in [3.05, 3.63) is 28.8 Å². The third kappa shape index (κ3) is 3.33. The van der Waals surface area contributed by atoms with Crippen molar-refractivity contribution in [1.29, 1.82) is 0 Å². The largest absolute Gasteiger partial charge is 0.494 e. The first kappa shape index (κ1) is 15.3. The van der Waals surface area contributed by atoms with Gasteiger partial charge in [-0.1, -0.05) is 19.9 Å². The van der Waals surface area contributed by atoms with Crippen LogP contribution in [0.3, 0.4) is 0 Å². The van der Waals surface area contributed by atoms with Crippen LogP contribution in [0.1, 0.15) is 43.9 Å². The van der Waals surface area contributed by atoms with Crippen LogP contribution >= 0.6 is 0 Å². The van der Waals surface area contributed by atoms with E-state index in [-0.39, 0.29) is 0 Å². The predicted octanol–water partition coefficient (Wildman–Crippen LogP) is 2.96. The molecule has 112 valence electrons. The summed E-state index contributed by atoms with van der Waals surface area (Å²) < 4.78 is 5.83. The van der Waals surface area contributed by atoms with Gasteiger partial charge in [-0.05, 0) is 50.6 Å². The Morgan fingerprint density at radius 1 is 1.25 bits per heavy atom. The highest BCUT2D eigenvalue weighted by molar-refractivity contribution is 5.44. The summed E-state index contributed by atoms with van der Waals surface area (Å²) in [6.07, 6.45) is 2.37. The van der Waals surface area contributed by atoms with Crippen molar-refractivity contribution >= 4 is 0 Å². The molecular formula is C17H28N2O. The molecule has 0 radical (unpaired) electrons. The van der Waals surface area contributed by atoms with Gasteiger partial charge in [0.25, 0.3) is 0 Å². The lowest BCUT2D eigenvalue weighted by atomic mass is 9.91. The van der Waals surface area contributed by atoms with Crippen LogP contribution in [0.5, 0.6) is 5.75 Å². The van der Waals surface area contributed by atoms with Gasteiger partial charge >= 0.3 is 0 Å². The summed E-state index contributed by atoms with van der Waals surface area (Å²) in [5.74, 6) is 1.05. The molecule has 1 aliphatic heterocycles. The summed E-state index contributed by atoms with van der Waals surface area (Å²) in [5, 5.41) is 3.41. The van der Waals surface area contributed by atoms with Gasteiger partial charge in [0.05, 0.1) is 6.61 Å². The maximum atomic E-state index is 5.83. The lowest BCUT2D eigenvalue weighted by Gasteiger charge is -2.34. The summed E-state index contributed by atoms with van der Waals surface area (Å²) in [7, 11) is 2.23. The van der Waals surface area contributed by atoms with E-state index in [0.717, 1.165) is 38.4 Å². The van der Waals surface area contributed by atoms with Gasteiger partial charge in [0.2, 0.25) is 0 Å². The van der Waals surface area contributed by atoms with Gasteiger partial charge in [0.15, 0.2) is 0 Å². The molecule has 2 rings (SSSR count). The molecule has 3 heteroatoms. The van der Waals surface area contributed by atoms with Crippen molar-refractivity contribution in [2.24, 2.45) is 0 Å². The van der Waals surface area contributed by atoms with Gasteiger partial charge in [0, 0.05) is 24.7 Å². The van der Waals surface area contributed by atoms with Crippen molar-refractivity contribution in [3.8, 4) is 5.75 Å². The molecule has 0 saturated carbocycles. The van der Waals surface area contributed by atoms with E-state index in [1.54, 1.807) is 0 Å². The fraction of sp³-hybridized carbons (Fsp3) is 0.647. The zero-order chi connectivity index (χ0) is 14.5. The molecule has 0 aromatic heterocycles. The zero-order valence-electron chi connectivity index (χ0n) is 13.3. The summed E-state index contributed by atoms with van der Waals surface area (Å²) in [4.78, 5) is 2.46. The predicted molar refractivity (Wildman–Crippen MR) is 84.2 cm³/mol. The topological polar surface area (TPSA) is 24.5 Å². The third-order valence-electron chi connectivity index (χ3n) is 4.22. The summed E-state index contributed by atoms with van der Waals surface area (Å²) in [6, 6.07) is 5.29.